The van der Waals surface area contributed by atoms with E-state index >= 15 is 0 Å². The molecule has 0 saturated carbocycles. The topological polar surface area (TPSA) is 82.4 Å². The van der Waals surface area contributed by atoms with Crippen molar-refractivity contribution in [1.82, 2.24) is 14.8 Å². The molecule has 3 N–H and O–H groups in total. The number of aromatic nitrogens is 1. The summed E-state index contributed by atoms with van der Waals surface area (Å²) in [7, 11) is 0. The third-order valence-corrected chi connectivity index (χ3v) is 6.04. The highest BCUT2D eigenvalue weighted by Gasteiger charge is 2.41. The van der Waals surface area contributed by atoms with Crippen LogP contribution in [0.3, 0.4) is 0 Å². The number of rotatable bonds is 4. The number of hydrogen-bond acceptors (Lipinski definition) is 3. The Bertz CT molecular complexity index is 820. The van der Waals surface area contributed by atoms with Crippen LogP contribution in [0.25, 0.3) is 10.9 Å². The predicted molar refractivity (Wildman–Crippen MR) is 100 cm³/mol. The van der Waals surface area contributed by atoms with E-state index in [9.17, 15) is 9.59 Å². The number of piperidine rings is 2. The van der Waals surface area contributed by atoms with Crippen LogP contribution >= 0.6 is 0 Å². The molecule has 0 bridgehead atoms. The van der Waals surface area contributed by atoms with Gasteiger partial charge in [0.25, 0.3) is 0 Å². The summed E-state index contributed by atoms with van der Waals surface area (Å²) in [6.45, 7) is 3.76. The first-order valence-electron chi connectivity index (χ1n) is 9.38. The zero-order chi connectivity index (χ0) is 18.1. The Morgan fingerprint density at radius 3 is 2.77 bits per heavy atom. The van der Waals surface area contributed by atoms with Gasteiger partial charge in [-0.15, -0.1) is 0 Å². The second-order valence-electron chi connectivity index (χ2n) is 7.89. The summed E-state index contributed by atoms with van der Waals surface area (Å²) >= 11 is 0. The van der Waals surface area contributed by atoms with Gasteiger partial charge in [-0.25, -0.2) is 0 Å². The number of nitrogens with two attached hydrogens (primary N) is 1. The van der Waals surface area contributed by atoms with E-state index in [0.29, 0.717) is 13.0 Å². The van der Waals surface area contributed by atoms with Gasteiger partial charge in [0.1, 0.15) is 0 Å². The summed E-state index contributed by atoms with van der Waals surface area (Å²) in [6, 6.07) is 8.70. The largest absolute Gasteiger partial charge is 0.368 e. The van der Waals surface area contributed by atoms with Crippen molar-refractivity contribution < 1.29 is 9.59 Å². The Morgan fingerprint density at radius 1 is 1.19 bits per heavy atom. The van der Waals surface area contributed by atoms with E-state index in [1.54, 1.807) is 4.90 Å². The molecular formula is C20H26N4O2. The lowest BCUT2D eigenvalue weighted by atomic mass is 9.72. The van der Waals surface area contributed by atoms with Gasteiger partial charge in [-0.3, -0.25) is 14.5 Å². The van der Waals surface area contributed by atoms with E-state index in [0.717, 1.165) is 38.9 Å². The van der Waals surface area contributed by atoms with Crippen LogP contribution in [0.5, 0.6) is 0 Å². The number of carbonyl (C=O) groups is 2. The molecule has 2 aliphatic rings. The van der Waals surface area contributed by atoms with Crippen LogP contribution in [-0.4, -0.2) is 52.8 Å². The summed E-state index contributed by atoms with van der Waals surface area (Å²) in [5.74, 6) is -0.357. The molecule has 0 atom stereocenters. The van der Waals surface area contributed by atoms with Gasteiger partial charge < -0.3 is 15.6 Å². The molecule has 2 saturated heterocycles. The molecule has 0 radical (unpaired) electrons. The van der Waals surface area contributed by atoms with E-state index in [1.165, 1.54) is 16.5 Å². The third-order valence-electron chi connectivity index (χ3n) is 6.04. The average Bonchev–Trinajstić information content (AvgIpc) is 3.08. The molecule has 0 unspecified atom stereocenters. The molecule has 1 aromatic heterocycles. The van der Waals surface area contributed by atoms with Crippen LogP contribution in [0.1, 0.15) is 31.2 Å². The molecular weight excluding hydrogens is 328 g/mol. The minimum atomic E-state index is -0.423. The second kappa shape index (κ2) is 6.76. The standard InChI is InChI=1S/C20H26N4O2/c21-18(25)13-24-14-20(5-3-19(24)26)6-9-23(10-7-20)12-15-1-2-17-16(11-15)4-8-22-17/h1-2,4,8,11,22H,3,5-7,9-10,12-14H2,(H2,21,25). The fourth-order valence-electron chi connectivity index (χ4n) is 4.49. The number of primary amides is 1. The van der Waals surface area contributed by atoms with Crippen molar-refractivity contribution in [3.8, 4) is 0 Å². The maximum absolute atomic E-state index is 12.1. The Kier molecular flexibility index (Phi) is 4.44. The predicted octanol–water partition coefficient (Wildman–Crippen LogP) is 1.86. The number of nitrogens with zero attached hydrogens (tertiary/aromatic N) is 2. The number of benzene rings is 1. The number of H-pyrrole nitrogens is 1. The number of hydrogen-bond donors (Lipinski definition) is 2. The molecule has 26 heavy (non-hydrogen) atoms. The first-order valence-corrected chi connectivity index (χ1v) is 9.38. The summed E-state index contributed by atoms with van der Waals surface area (Å²) < 4.78 is 0. The fourth-order valence-corrected chi connectivity index (χ4v) is 4.49. The smallest absolute Gasteiger partial charge is 0.237 e. The summed E-state index contributed by atoms with van der Waals surface area (Å²) in [4.78, 5) is 30.7. The molecule has 2 amide bonds. The third kappa shape index (κ3) is 3.46. The van der Waals surface area contributed by atoms with Gasteiger partial charge in [0, 0.05) is 31.2 Å². The Balaban J connectivity index is 1.37. The van der Waals surface area contributed by atoms with Crippen molar-refractivity contribution in [2.75, 3.05) is 26.2 Å². The number of aromatic amines is 1. The van der Waals surface area contributed by atoms with Gasteiger partial charge in [-0.1, -0.05) is 6.07 Å². The molecule has 4 rings (SSSR count). The quantitative estimate of drug-likeness (QED) is 0.879. The molecule has 6 heteroatoms. The lowest BCUT2D eigenvalue weighted by molar-refractivity contribution is -0.142. The number of likely N-dealkylation sites (tertiary alicyclic amines) is 2. The second-order valence-corrected chi connectivity index (χ2v) is 7.89. The number of amides is 2. The van der Waals surface area contributed by atoms with Crippen LogP contribution in [0.4, 0.5) is 0 Å². The van der Waals surface area contributed by atoms with Crippen molar-refractivity contribution in [2.45, 2.75) is 32.2 Å². The summed E-state index contributed by atoms with van der Waals surface area (Å²) in [6.07, 6.45) is 5.59. The zero-order valence-corrected chi connectivity index (χ0v) is 15.0. The summed E-state index contributed by atoms with van der Waals surface area (Å²) in [5.41, 5.74) is 7.97. The zero-order valence-electron chi connectivity index (χ0n) is 15.0. The molecule has 2 aliphatic heterocycles. The van der Waals surface area contributed by atoms with Crippen LogP contribution in [0.15, 0.2) is 30.5 Å². The normalized spacial score (nSPS) is 20.8. The van der Waals surface area contributed by atoms with Crippen molar-refractivity contribution >= 4 is 22.7 Å². The summed E-state index contributed by atoms with van der Waals surface area (Å²) in [5, 5.41) is 1.25. The minimum Gasteiger partial charge on any atom is -0.368 e. The van der Waals surface area contributed by atoms with Crippen molar-refractivity contribution in [3.63, 3.8) is 0 Å². The molecule has 138 valence electrons. The Hall–Kier alpha value is -2.34. The van der Waals surface area contributed by atoms with Crippen LogP contribution in [0.2, 0.25) is 0 Å². The van der Waals surface area contributed by atoms with Crippen LogP contribution in [-0.2, 0) is 16.1 Å². The van der Waals surface area contributed by atoms with Crippen molar-refractivity contribution in [3.05, 3.63) is 36.0 Å². The van der Waals surface area contributed by atoms with Gasteiger partial charge in [0.15, 0.2) is 0 Å². The maximum Gasteiger partial charge on any atom is 0.237 e. The highest BCUT2D eigenvalue weighted by atomic mass is 16.2. The monoisotopic (exact) mass is 354 g/mol. The van der Waals surface area contributed by atoms with E-state index in [1.807, 2.05) is 6.20 Å². The van der Waals surface area contributed by atoms with Gasteiger partial charge in [0.05, 0.1) is 6.54 Å². The van der Waals surface area contributed by atoms with Crippen molar-refractivity contribution in [2.24, 2.45) is 11.1 Å². The molecule has 3 heterocycles. The van der Waals surface area contributed by atoms with Crippen LogP contribution < -0.4 is 5.73 Å². The van der Waals surface area contributed by atoms with E-state index < -0.39 is 5.91 Å². The number of carbonyl (C=O) groups excluding carboxylic acids is 2. The van der Waals surface area contributed by atoms with Crippen LogP contribution in [0, 0.1) is 5.41 Å². The van der Waals surface area contributed by atoms with Gasteiger partial charge in [-0.2, -0.15) is 0 Å². The first kappa shape index (κ1) is 17.1. The van der Waals surface area contributed by atoms with Gasteiger partial charge >= 0.3 is 0 Å². The van der Waals surface area contributed by atoms with Gasteiger partial charge in [-0.05, 0) is 66.9 Å². The van der Waals surface area contributed by atoms with Gasteiger partial charge in [0.2, 0.25) is 11.8 Å². The molecule has 0 aliphatic carbocycles. The molecule has 1 aromatic carbocycles. The lowest BCUT2D eigenvalue weighted by Gasteiger charge is -2.47. The number of fused-ring (bicyclic) bond motifs is 1. The lowest BCUT2D eigenvalue weighted by Crippen LogP contribution is -2.53. The fraction of sp³-hybridized carbons (Fsp3) is 0.500. The number of nitrogens with one attached hydrogen (secondary N) is 1. The molecule has 1 spiro atoms. The van der Waals surface area contributed by atoms with E-state index in [-0.39, 0.29) is 17.9 Å². The molecule has 2 fully saturated rings. The average molecular weight is 354 g/mol. The Labute approximate surface area is 153 Å². The Morgan fingerprint density at radius 2 is 2.00 bits per heavy atom. The molecule has 2 aromatic rings. The molecule has 6 nitrogen and oxygen atoms in total. The minimum absolute atomic E-state index is 0.0565. The highest BCUT2D eigenvalue weighted by Crippen LogP contribution is 2.40. The highest BCUT2D eigenvalue weighted by molar-refractivity contribution is 5.84. The van der Waals surface area contributed by atoms with E-state index in [4.69, 9.17) is 5.73 Å². The first-order chi connectivity index (χ1) is 12.5. The SMILES string of the molecule is NC(=O)CN1CC2(CCC1=O)CCN(Cc1ccc3[nH]ccc3c1)CC2. The maximum atomic E-state index is 12.1. The van der Waals surface area contributed by atoms with Crippen molar-refractivity contribution in [1.29, 1.82) is 0 Å². The van der Waals surface area contributed by atoms with E-state index in [2.05, 4.69) is 34.1 Å².